The Morgan fingerprint density at radius 1 is 1.50 bits per heavy atom. The maximum atomic E-state index is 6.09. The predicted octanol–water partition coefficient (Wildman–Crippen LogP) is 3.44. The Balaban J connectivity index is 2.81. The van der Waals surface area contributed by atoms with E-state index in [2.05, 4.69) is 38.6 Å². The summed E-state index contributed by atoms with van der Waals surface area (Å²) in [6.07, 6.45) is 2.13. The van der Waals surface area contributed by atoms with Gasteiger partial charge in [0.05, 0.1) is 5.69 Å². The Bertz CT molecular complexity index is 434. The fraction of sp³-hybridized carbons (Fsp3) is 0.417. The Hall–Kier alpha value is -0.780. The van der Waals surface area contributed by atoms with Crippen LogP contribution < -0.4 is 16.6 Å². The van der Waals surface area contributed by atoms with Gasteiger partial charge in [-0.25, -0.2) is 5.84 Å². The van der Waals surface area contributed by atoms with Crippen molar-refractivity contribution < 1.29 is 0 Å². The molecule has 0 unspecified atom stereocenters. The van der Waals surface area contributed by atoms with E-state index in [1.165, 1.54) is 0 Å². The van der Waals surface area contributed by atoms with Crippen LogP contribution in [-0.2, 0) is 0 Å². The number of aliphatic imine (C=N–C) groups is 1. The van der Waals surface area contributed by atoms with Crippen LogP contribution in [0.25, 0.3) is 0 Å². The zero-order valence-electron chi connectivity index (χ0n) is 10.6. The van der Waals surface area contributed by atoms with E-state index in [1.807, 2.05) is 19.1 Å². The molecule has 6 heteroatoms. The molecule has 0 saturated carbocycles. The first-order valence-corrected chi connectivity index (χ1v) is 6.99. The Kier molecular flexibility index (Phi) is 6.46. The number of aryl methyl sites for hydroxylation is 1. The number of hydrogen-bond acceptors (Lipinski definition) is 2. The molecule has 0 amide bonds. The lowest BCUT2D eigenvalue weighted by atomic mass is 10.2. The molecule has 1 aromatic rings. The molecule has 0 aromatic heterocycles. The number of benzene rings is 1. The standard InChI is InChI=1S/C12H18BrClN4/c1-3-4-5-16-12(18-15)17-11-7-10(14)8(2)6-9(11)13/h6-7H,3-5,15H2,1-2H3,(H2,16,17,18). The average Bonchev–Trinajstić information content (AvgIpc) is 2.34. The van der Waals surface area contributed by atoms with Crippen LogP contribution in [0.4, 0.5) is 5.69 Å². The molecule has 0 aliphatic carbocycles. The summed E-state index contributed by atoms with van der Waals surface area (Å²) in [4.78, 5) is 4.33. The average molecular weight is 334 g/mol. The summed E-state index contributed by atoms with van der Waals surface area (Å²) in [5, 5.41) is 3.81. The number of rotatable bonds is 4. The van der Waals surface area contributed by atoms with Crippen molar-refractivity contribution in [2.24, 2.45) is 10.8 Å². The molecular formula is C12H18BrClN4. The molecule has 0 heterocycles. The van der Waals surface area contributed by atoms with Crippen LogP contribution in [0.15, 0.2) is 21.6 Å². The Labute approximate surface area is 121 Å². The van der Waals surface area contributed by atoms with Crippen molar-refractivity contribution >= 4 is 39.2 Å². The van der Waals surface area contributed by atoms with Crippen molar-refractivity contribution in [3.63, 3.8) is 0 Å². The molecule has 18 heavy (non-hydrogen) atoms. The second kappa shape index (κ2) is 7.61. The van der Waals surface area contributed by atoms with Crippen LogP contribution in [0.1, 0.15) is 25.3 Å². The van der Waals surface area contributed by atoms with Crippen molar-refractivity contribution in [3.8, 4) is 0 Å². The van der Waals surface area contributed by atoms with Gasteiger partial charge in [-0.05, 0) is 47.0 Å². The highest BCUT2D eigenvalue weighted by atomic mass is 79.9. The van der Waals surface area contributed by atoms with Gasteiger partial charge < -0.3 is 5.32 Å². The first-order valence-electron chi connectivity index (χ1n) is 5.82. The number of hydrazine groups is 1. The first kappa shape index (κ1) is 15.3. The van der Waals surface area contributed by atoms with E-state index >= 15 is 0 Å². The highest BCUT2D eigenvalue weighted by molar-refractivity contribution is 9.10. The van der Waals surface area contributed by atoms with Crippen LogP contribution in [0.5, 0.6) is 0 Å². The normalized spacial score (nSPS) is 11.5. The number of nitrogens with one attached hydrogen (secondary N) is 2. The van der Waals surface area contributed by atoms with Gasteiger partial charge in [0, 0.05) is 16.0 Å². The summed E-state index contributed by atoms with van der Waals surface area (Å²) in [7, 11) is 0. The molecule has 0 aliphatic heterocycles. The summed E-state index contributed by atoms with van der Waals surface area (Å²) >= 11 is 9.56. The summed E-state index contributed by atoms with van der Waals surface area (Å²) in [5.74, 6) is 5.96. The Morgan fingerprint density at radius 3 is 2.83 bits per heavy atom. The largest absolute Gasteiger partial charge is 0.324 e. The minimum atomic E-state index is 0.532. The lowest BCUT2D eigenvalue weighted by Gasteiger charge is -2.12. The van der Waals surface area contributed by atoms with E-state index in [4.69, 9.17) is 17.4 Å². The van der Waals surface area contributed by atoms with Gasteiger partial charge in [0.2, 0.25) is 5.96 Å². The van der Waals surface area contributed by atoms with E-state index in [0.717, 1.165) is 35.1 Å². The molecule has 4 N–H and O–H groups in total. The van der Waals surface area contributed by atoms with E-state index < -0.39 is 0 Å². The zero-order chi connectivity index (χ0) is 13.5. The van der Waals surface area contributed by atoms with Gasteiger partial charge in [-0.2, -0.15) is 0 Å². The first-order chi connectivity index (χ1) is 8.58. The maximum absolute atomic E-state index is 6.09. The van der Waals surface area contributed by atoms with Crippen LogP contribution in [0.2, 0.25) is 5.02 Å². The van der Waals surface area contributed by atoms with Gasteiger partial charge in [0.15, 0.2) is 0 Å². The quantitative estimate of drug-likeness (QED) is 0.260. The number of hydrogen-bond donors (Lipinski definition) is 3. The number of guanidine groups is 1. The van der Waals surface area contributed by atoms with E-state index in [0.29, 0.717) is 11.0 Å². The third-order valence-electron chi connectivity index (χ3n) is 2.42. The molecule has 1 rings (SSSR count). The Morgan fingerprint density at radius 2 is 2.22 bits per heavy atom. The summed E-state index contributed by atoms with van der Waals surface area (Å²) in [6, 6.07) is 3.79. The predicted molar refractivity (Wildman–Crippen MR) is 82.0 cm³/mol. The highest BCUT2D eigenvalue weighted by Crippen LogP contribution is 2.28. The van der Waals surface area contributed by atoms with Gasteiger partial charge >= 0.3 is 0 Å². The van der Waals surface area contributed by atoms with Crippen LogP contribution in [0, 0.1) is 6.92 Å². The fourth-order valence-electron chi connectivity index (χ4n) is 1.34. The SMILES string of the molecule is CCCCN=C(NN)Nc1cc(Cl)c(C)cc1Br. The highest BCUT2D eigenvalue weighted by Gasteiger charge is 2.06. The van der Waals surface area contributed by atoms with Crippen molar-refractivity contribution in [1.29, 1.82) is 0 Å². The minimum Gasteiger partial charge on any atom is -0.324 e. The van der Waals surface area contributed by atoms with E-state index in [9.17, 15) is 0 Å². The van der Waals surface area contributed by atoms with Gasteiger partial charge in [0.25, 0.3) is 0 Å². The van der Waals surface area contributed by atoms with Crippen LogP contribution >= 0.6 is 27.5 Å². The third kappa shape index (κ3) is 4.48. The van der Waals surface area contributed by atoms with Crippen molar-refractivity contribution in [2.45, 2.75) is 26.7 Å². The van der Waals surface area contributed by atoms with Gasteiger partial charge in [0.1, 0.15) is 0 Å². The topological polar surface area (TPSA) is 62.4 Å². The second-order valence-electron chi connectivity index (χ2n) is 3.93. The molecular weight excluding hydrogens is 316 g/mol. The molecule has 1 aromatic carbocycles. The molecule has 0 atom stereocenters. The smallest absolute Gasteiger partial charge is 0.210 e. The van der Waals surface area contributed by atoms with Crippen molar-refractivity contribution in [2.75, 3.05) is 11.9 Å². The third-order valence-corrected chi connectivity index (χ3v) is 3.48. The lowest BCUT2D eigenvalue weighted by Crippen LogP contribution is -2.36. The minimum absolute atomic E-state index is 0.532. The number of nitrogens with zero attached hydrogens (tertiary/aromatic N) is 1. The molecule has 0 spiro atoms. The summed E-state index contributed by atoms with van der Waals surface area (Å²) < 4.78 is 0.919. The second-order valence-corrected chi connectivity index (χ2v) is 5.20. The van der Waals surface area contributed by atoms with E-state index in [1.54, 1.807) is 0 Å². The molecule has 0 fully saturated rings. The molecule has 4 nitrogen and oxygen atoms in total. The molecule has 0 saturated heterocycles. The molecule has 0 radical (unpaired) electrons. The van der Waals surface area contributed by atoms with E-state index in [-0.39, 0.29) is 0 Å². The van der Waals surface area contributed by atoms with Gasteiger partial charge in [-0.15, -0.1) is 0 Å². The number of halogens is 2. The van der Waals surface area contributed by atoms with Crippen LogP contribution in [0.3, 0.4) is 0 Å². The number of unbranched alkanes of at least 4 members (excludes halogenated alkanes) is 1. The summed E-state index contributed by atoms with van der Waals surface area (Å²) in [5.41, 5.74) is 4.39. The zero-order valence-corrected chi connectivity index (χ0v) is 12.9. The monoisotopic (exact) mass is 332 g/mol. The molecule has 0 aliphatic rings. The molecule has 100 valence electrons. The maximum Gasteiger partial charge on any atom is 0.210 e. The van der Waals surface area contributed by atoms with Crippen LogP contribution in [-0.4, -0.2) is 12.5 Å². The van der Waals surface area contributed by atoms with Gasteiger partial charge in [-0.1, -0.05) is 24.9 Å². The van der Waals surface area contributed by atoms with Crippen molar-refractivity contribution in [1.82, 2.24) is 5.43 Å². The molecule has 0 bridgehead atoms. The number of anilines is 1. The lowest BCUT2D eigenvalue weighted by molar-refractivity contribution is 0.801. The fourth-order valence-corrected chi connectivity index (χ4v) is 2.06. The van der Waals surface area contributed by atoms with Gasteiger partial charge in [-0.3, -0.25) is 10.4 Å². The van der Waals surface area contributed by atoms with Crippen molar-refractivity contribution in [3.05, 3.63) is 27.2 Å². The summed E-state index contributed by atoms with van der Waals surface area (Å²) in [6.45, 7) is 4.81. The number of nitrogens with two attached hydrogens (primary N) is 1.